The molecular weight excluding hydrogens is 394 g/mol. The van der Waals surface area contributed by atoms with Crippen LogP contribution < -0.4 is 14.2 Å². The summed E-state index contributed by atoms with van der Waals surface area (Å²) < 4.78 is 37.9. The van der Waals surface area contributed by atoms with Crippen molar-refractivity contribution in [1.82, 2.24) is 14.6 Å². The molecule has 0 bridgehead atoms. The molecule has 1 heterocycles. The highest BCUT2D eigenvalue weighted by Crippen LogP contribution is 2.24. The second-order valence-corrected chi connectivity index (χ2v) is 8.47. The maximum Gasteiger partial charge on any atom is 0.241 e. The van der Waals surface area contributed by atoms with Crippen LogP contribution in [0.15, 0.2) is 35.4 Å². The molecule has 0 aliphatic heterocycles. The van der Waals surface area contributed by atoms with Crippen LogP contribution in [0.4, 0.5) is 0 Å². The van der Waals surface area contributed by atoms with E-state index in [0.717, 1.165) is 16.9 Å². The molecule has 1 aromatic heterocycles. The number of rotatable bonds is 8. The zero-order valence-electron chi connectivity index (χ0n) is 17.5. The Labute approximate surface area is 171 Å². The van der Waals surface area contributed by atoms with E-state index in [4.69, 9.17) is 9.47 Å². The molecular formula is C20H27N3O5S. The highest BCUT2D eigenvalue weighted by molar-refractivity contribution is 7.89. The van der Waals surface area contributed by atoms with Crippen LogP contribution in [0, 0.1) is 13.8 Å². The minimum absolute atomic E-state index is 0.0568. The van der Waals surface area contributed by atoms with Gasteiger partial charge in [-0.15, -0.1) is 0 Å². The SMILES string of the molecule is COc1ccc(S(=O)(=O)N[C@@H](C)C(=O)N(C)Cc2ncc(C)c(OC)c2C)cc1. The third-order valence-corrected chi connectivity index (χ3v) is 6.14. The van der Waals surface area contributed by atoms with Gasteiger partial charge in [0, 0.05) is 24.4 Å². The standard InChI is InChI=1S/C20H27N3O5S/c1-13-11-21-18(14(2)19(13)28-6)12-23(4)20(24)15(3)22-29(25,26)17-9-7-16(27-5)8-10-17/h7-11,15,22H,12H2,1-6H3/t15-/m0/s1. The molecule has 9 heteroatoms. The summed E-state index contributed by atoms with van der Waals surface area (Å²) in [5.74, 6) is 0.899. The number of amides is 1. The van der Waals surface area contributed by atoms with Gasteiger partial charge in [-0.3, -0.25) is 9.78 Å². The predicted molar refractivity (Wildman–Crippen MR) is 110 cm³/mol. The molecule has 0 fully saturated rings. The summed E-state index contributed by atoms with van der Waals surface area (Å²) in [7, 11) is 0.842. The number of likely N-dealkylation sites (N-methyl/N-ethyl adjacent to an activating group) is 1. The minimum atomic E-state index is -3.85. The lowest BCUT2D eigenvalue weighted by atomic mass is 10.1. The van der Waals surface area contributed by atoms with Gasteiger partial charge in [0.15, 0.2) is 0 Å². The number of nitrogens with zero attached hydrogens (tertiary/aromatic N) is 2. The molecule has 0 spiro atoms. The predicted octanol–water partition coefficient (Wildman–Crippen LogP) is 2.04. The van der Waals surface area contributed by atoms with Gasteiger partial charge >= 0.3 is 0 Å². The molecule has 2 rings (SSSR count). The molecule has 0 unspecified atom stereocenters. The van der Waals surface area contributed by atoms with Gasteiger partial charge in [-0.1, -0.05) is 0 Å². The van der Waals surface area contributed by atoms with Gasteiger partial charge in [0.25, 0.3) is 0 Å². The minimum Gasteiger partial charge on any atom is -0.497 e. The molecule has 0 saturated carbocycles. The van der Waals surface area contributed by atoms with Crippen molar-refractivity contribution < 1.29 is 22.7 Å². The number of hydrogen-bond donors (Lipinski definition) is 1. The Morgan fingerprint density at radius 2 is 1.79 bits per heavy atom. The maximum atomic E-state index is 12.7. The van der Waals surface area contributed by atoms with Gasteiger partial charge in [-0.25, -0.2) is 8.42 Å². The van der Waals surface area contributed by atoms with Crippen LogP contribution in [-0.4, -0.2) is 51.5 Å². The Morgan fingerprint density at radius 1 is 1.17 bits per heavy atom. The second kappa shape index (κ2) is 9.23. The van der Waals surface area contributed by atoms with Crippen molar-refractivity contribution in [3.8, 4) is 11.5 Å². The van der Waals surface area contributed by atoms with Gasteiger partial charge in [-0.2, -0.15) is 4.72 Å². The van der Waals surface area contributed by atoms with Gasteiger partial charge in [0.05, 0.1) is 37.4 Å². The summed E-state index contributed by atoms with van der Waals surface area (Å²) in [6.07, 6.45) is 1.69. The van der Waals surface area contributed by atoms with E-state index in [1.165, 1.54) is 31.1 Å². The fourth-order valence-corrected chi connectivity index (χ4v) is 4.17. The van der Waals surface area contributed by atoms with E-state index in [1.807, 2.05) is 13.8 Å². The molecule has 0 aliphatic carbocycles. The Morgan fingerprint density at radius 3 is 2.34 bits per heavy atom. The van der Waals surface area contributed by atoms with E-state index in [1.54, 1.807) is 32.5 Å². The lowest BCUT2D eigenvalue weighted by Gasteiger charge is -2.23. The van der Waals surface area contributed by atoms with Gasteiger partial charge in [-0.05, 0) is 45.0 Å². The van der Waals surface area contributed by atoms with E-state index in [9.17, 15) is 13.2 Å². The summed E-state index contributed by atoms with van der Waals surface area (Å²) in [5.41, 5.74) is 2.44. The number of aromatic nitrogens is 1. The number of pyridine rings is 1. The van der Waals surface area contributed by atoms with Crippen molar-refractivity contribution in [3.05, 3.63) is 47.3 Å². The van der Waals surface area contributed by atoms with E-state index >= 15 is 0 Å². The zero-order valence-corrected chi connectivity index (χ0v) is 18.3. The van der Waals surface area contributed by atoms with Crippen molar-refractivity contribution in [2.24, 2.45) is 0 Å². The van der Waals surface area contributed by atoms with Crippen LogP contribution >= 0.6 is 0 Å². The molecule has 2 aromatic rings. The highest BCUT2D eigenvalue weighted by atomic mass is 32.2. The van der Waals surface area contributed by atoms with Crippen LogP contribution in [0.2, 0.25) is 0 Å². The van der Waals surface area contributed by atoms with Crippen LogP contribution in [0.3, 0.4) is 0 Å². The maximum absolute atomic E-state index is 12.7. The van der Waals surface area contributed by atoms with Crippen molar-refractivity contribution in [3.63, 3.8) is 0 Å². The Bertz CT molecular complexity index is 974. The number of carbonyl (C=O) groups excluding carboxylic acids is 1. The molecule has 1 atom stereocenters. The number of methoxy groups -OCH3 is 2. The summed E-state index contributed by atoms with van der Waals surface area (Å²) in [6.45, 7) is 5.52. The molecule has 1 amide bonds. The number of sulfonamides is 1. The normalized spacial score (nSPS) is 12.3. The van der Waals surface area contributed by atoms with Gasteiger partial charge in [0.2, 0.25) is 15.9 Å². The molecule has 0 radical (unpaired) electrons. The van der Waals surface area contributed by atoms with Crippen LogP contribution in [-0.2, 0) is 21.4 Å². The topological polar surface area (TPSA) is 97.8 Å². The van der Waals surface area contributed by atoms with E-state index < -0.39 is 16.1 Å². The smallest absolute Gasteiger partial charge is 0.241 e. The summed E-state index contributed by atoms with van der Waals surface area (Å²) in [4.78, 5) is 18.6. The van der Waals surface area contributed by atoms with E-state index in [0.29, 0.717) is 11.4 Å². The van der Waals surface area contributed by atoms with E-state index in [2.05, 4.69) is 9.71 Å². The molecule has 8 nitrogen and oxygen atoms in total. The van der Waals surface area contributed by atoms with Crippen molar-refractivity contribution in [1.29, 1.82) is 0 Å². The average molecular weight is 422 g/mol. The first-order valence-electron chi connectivity index (χ1n) is 9.01. The van der Waals surface area contributed by atoms with Crippen molar-refractivity contribution >= 4 is 15.9 Å². The molecule has 1 N–H and O–H groups in total. The zero-order chi connectivity index (χ0) is 21.8. The lowest BCUT2D eigenvalue weighted by molar-refractivity contribution is -0.131. The molecule has 29 heavy (non-hydrogen) atoms. The number of nitrogens with one attached hydrogen (secondary N) is 1. The molecule has 158 valence electrons. The molecule has 0 saturated heterocycles. The lowest BCUT2D eigenvalue weighted by Crippen LogP contribution is -2.45. The number of benzene rings is 1. The third kappa shape index (κ3) is 5.24. The third-order valence-electron chi connectivity index (χ3n) is 4.59. The first-order valence-corrected chi connectivity index (χ1v) is 10.5. The largest absolute Gasteiger partial charge is 0.497 e. The Kier molecular flexibility index (Phi) is 7.21. The van der Waals surface area contributed by atoms with E-state index in [-0.39, 0.29) is 17.3 Å². The van der Waals surface area contributed by atoms with Crippen molar-refractivity contribution in [2.45, 2.75) is 38.3 Å². The summed E-state index contributed by atoms with van der Waals surface area (Å²) >= 11 is 0. The average Bonchev–Trinajstić information content (AvgIpc) is 2.69. The van der Waals surface area contributed by atoms with Crippen LogP contribution in [0.5, 0.6) is 11.5 Å². The van der Waals surface area contributed by atoms with Crippen LogP contribution in [0.25, 0.3) is 0 Å². The number of carbonyl (C=O) groups is 1. The fourth-order valence-electron chi connectivity index (χ4n) is 2.97. The number of hydrogen-bond acceptors (Lipinski definition) is 6. The Balaban J connectivity index is 2.11. The molecule has 0 aliphatic rings. The quantitative estimate of drug-likeness (QED) is 0.701. The fraction of sp³-hybridized carbons (Fsp3) is 0.400. The number of aryl methyl sites for hydroxylation is 1. The van der Waals surface area contributed by atoms with Crippen LogP contribution in [0.1, 0.15) is 23.7 Å². The first kappa shape index (κ1) is 22.6. The monoisotopic (exact) mass is 421 g/mol. The van der Waals surface area contributed by atoms with Gasteiger partial charge in [0.1, 0.15) is 11.5 Å². The summed E-state index contributed by atoms with van der Waals surface area (Å²) in [6, 6.07) is 5.00. The Hall–Kier alpha value is -2.65. The highest BCUT2D eigenvalue weighted by Gasteiger charge is 2.25. The first-order chi connectivity index (χ1) is 13.6. The van der Waals surface area contributed by atoms with Crippen molar-refractivity contribution in [2.75, 3.05) is 21.3 Å². The molecule has 1 aromatic carbocycles. The number of ether oxygens (including phenoxy) is 2. The summed E-state index contributed by atoms with van der Waals surface area (Å²) in [5, 5.41) is 0. The second-order valence-electron chi connectivity index (χ2n) is 6.76. The van der Waals surface area contributed by atoms with Gasteiger partial charge < -0.3 is 14.4 Å².